The molecule has 7 nitrogen and oxygen atoms in total. The van der Waals surface area contributed by atoms with Gasteiger partial charge in [0.15, 0.2) is 0 Å². The van der Waals surface area contributed by atoms with Gasteiger partial charge >= 0.3 is 0 Å². The van der Waals surface area contributed by atoms with E-state index in [1.807, 2.05) is 13.8 Å². The van der Waals surface area contributed by atoms with Gasteiger partial charge in [-0.3, -0.25) is 9.59 Å². The van der Waals surface area contributed by atoms with Crippen LogP contribution in [0.1, 0.15) is 19.5 Å². The fraction of sp³-hybridized carbons (Fsp3) is 0.294. The van der Waals surface area contributed by atoms with Crippen LogP contribution in [0.15, 0.2) is 35.3 Å². The number of rotatable bonds is 4. The topological polar surface area (TPSA) is 81.8 Å². The fourth-order valence-corrected chi connectivity index (χ4v) is 2.61. The molecule has 0 bridgehead atoms. The summed E-state index contributed by atoms with van der Waals surface area (Å²) >= 11 is 0. The first-order valence-electron chi connectivity index (χ1n) is 7.87. The van der Waals surface area contributed by atoms with Gasteiger partial charge in [0.2, 0.25) is 5.91 Å². The third kappa shape index (κ3) is 3.28. The van der Waals surface area contributed by atoms with Gasteiger partial charge in [0.25, 0.3) is 5.56 Å². The fourth-order valence-electron chi connectivity index (χ4n) is 2.61. The lowest BCUT2D eigenvalue weighted by Crippen LogP contribution is -2.37. The van der Waals surface area contributed by atoms with Crippen LogP contribution in [0.4, 0.5) is 4.39 Å². The average molecular weight is 343 g/mol. The van der Waals surface area contributed by atoms with Crippen molar-refractivity contribution in [2.24, 2.45) is 0 Å². The van der Waals surface area contributed by atoms with Crippen LogP contribution in [0.25, 0.3) is 16.6 Å². The number of aryl methyl sites for hydroxylation is 1. The molecule has 0 saturated heterocycles. The molecule has 3 rings (SSSR count). The maximum atomic E-state index is 13.1. The summed E-state index contributed by atoms with van der Waals surface area (Å²) < 4.78 is 15.7. The number of nitrogens with zero attached hydrogens (tertiary/aromatic N) is 4. The van der Waals surface area contributed by atoms with Crippen molar-refractivity contribution in [1.29, 1.82) is 0 Å². The predicted molar refractivity (Wildman–Crippen MR) is 91.1 cm³/mol. The van der Waals surface area contributed by atoms with Crippen LogP contribution >= 0.6 is 0 Å². The third-order valence-electron chi connectivity index (χ3n) is 3.68. The smallest absolute Gasteiger partial charge is 0.293 e. The summed E-state index contributed by atoms with van der Waals surface area (Å²) in [7, 11) is 0. The minimum Gasteiger partial charge on any atom is -0.352 e. The molecule has 0 atom stereocenters. The quantitative estimate of drug-likeness (QED) is 0.779. The lowest BCUT2D eigenvalue weighted by Gasteiger charge is -2.10. The van der Waals surface area contributed by atoms with E-state index >= 15 is 0 Å². The Kier molecular flexibility index (Phi) is 4.35. The van der Waals surface area contributed by atoms with Crippen molar-refractivity contribution in [2.75, 3.05) is 0 Å². The van der Waals surface area contributed by atoms with Gasteiger partial charge in [0, 0.05) is 11.4 Å². The summed E-state index contributed by atoms with van der Waals surface area (Å²) in [6.45, 7) is 5.25. The molecule has 0 fully saturated rings. The van der Waals surface area contributed by atoms with E-state index in [9.17, 15) is 14.0 Å². The van der Waals surface area contributed by atoms with Crippen LogP contribution in [0, 0.1) is 12.7 Å². The second-order valence-corrected chi connectivity index (χ2v) is 6.07. The molecular weight excluding hydrogens is 325 g/mol. The number of amides is 1. The molecule has 1 aromatic carbocycles. The van der Waals surface area contributed by atoms with Gasteiger partial charge in [-0.2, -0.15) is 10.2 Å². The summed E-state index contributed by atoms with van der Waals surface area (Å²) in [5.74, 6) is -0.669. The maximum absolute atomic E-state index is 13.1. The zero-order chi connectivity index (χ0) is 18.1. The Hall–Kier alpha value is -3.03. The van der Waals surface area contributed by atoms with Gasteiger partial charge < -0.3 is 5.32 Å². The highest BCUT2D eigenvalue weighted by atomic mass is 19.1. The molecule has 0 aliphatic carbocycles. The van der Waals surface area contributed by atoms with Crippen LogP contribution in [-0.4, -0.2) is 31.5 Å². The second-order valence-electron chi connectivity index (χ2n) is 6.07. The number of benzene rings is 1. The number of halogens is 1. The Balaban J connectivity index is 2.11. The van der Waals surface area contributed by atoms with Crippen molar-refractivity contribution in [2.45, 2.75) is 33.4 Å². The first kappa shape index (κ1) is 16.8. The van der Waals surface area contributed by atoms with E-state index in [1.165, 1.54) is 28.9 Å². The van der Waals surface area contributed by atoms with E-state index in [2.05, 4.69) is 15.5 Å². The molecule has 130 valence electrons. The highest BCUT2D eigenvalue weighted by Crippen LogP contribution is 2.17. The second kappa shape index (κ2) is 6.46. The molecule has 2 aromatic heterocycles. The van der Waals surface area contributed by atoms with Crippen molar-refractivity contribution < 1.29 is 9.18 Å². The van der Waals surface area contributed by atoms with Crippen LogP contribution in [0.5, 0.6) is 0 Å². The average Bonchev–Trinajstić information content (AvgIpc) is 2.98. The summed E-state index contributed by atoms with van der Waals surface area (Å²) in [5.41, 5.74) is 1.01. The molecule has 1 N–H and O–H groups in total. The summed E-state index contributed by atoms with van der Waals surface area (Å²) in [6, 6.07) is 5.63. The predicted octanol–water partition coefficient (Wildman–Crippen LogP) is 1.55. The molecule has 3 aromatic rings. The highest BCUT2D eigenvalue weighted by Gasteiger charge is 2.16. The van der Waals surface area contributed by atoms with Gasteiger partial charge in [-0.25, -0.2) is 13.8 Å². The van der Waals surface area contributed by atoms with Gasteiger partial charge in [-0.1, -0.05) is 0 Å². The van der Waals surface area contributed by atoms with Crippen molar-refractivity contribution in [3.8, 4) is 5.69 Å². The van der Waals surface area contributed by atoms with Crippen molar-refractivity contribution >= 4 is 16.8 Å². The van der Waals surface area contributed by atoms with E-state index in [0.29, 0.717) is 22.3 Å². The molecule has 2 heterocycles. The molecule has 25 heavy (non-hydrogen) atoms. The lowest BCUT2D eigenvalue weighted by atomic mass is 10.2. The van der Waals surface area contributed by atoms with E-state index < -0.39 is 5.56 Å². The Morgan fingerprint density at radius 3 is 2.60 bits per heavy atom. The van der Waals surface area contributed by atoms with Crippen LogP contribution in [0.3, 0.4) is 0 Å². The number of aromatic nitrogens is 4. The number of carbonyl (C=O) groups excluding carboxylic acids is 1. The van der Waals surface area contributed by atoms with E-state index in [0.717, 1.165) is 4.68 Å². The van der Waals surface area contributed by atoms with Crippen molar-refractivity contribution in [3.05, 3.63) is 52.3 Å². The van der Waals surface area contributed by atoms with Crippen molar-refractivity contribution in [1.82, 2.24) is 24.9 Å². The third-order valence-corrected chi connectivity index (χ3v) is 3.68. The molecule has 0 aliphatic rings. The molecule has 0 aliphatic heterocycles. The van der Waals surface area contributed by atoms with E-state index in [-0.39, 0.29) is 24.3 Å². The molecular formula is C17H18FN5O2. The van der Waals surface area contributed by atoms with Crippen LogP contribution in [0.2, 0.25) is 0 Å². The summed E-state index contributed by atoms with van der Waals surface area (Å²) in [5, 5.41) is 11.7. The zero-order valence-corrected chi connectivity index (χ0v) is 14.2. The van der Waals surface area contributed by atoms with E-state index in [1.54, 1.807) is 13.1 Å². The maximum Gasteiger partial charge on any atom is 0.293 e. The first-order valence-corrected chi connectivity index (χ1v) is 7.87. The van der Waals surface area contributed by atoms with Crippen molar-refractivity contribution in [3.63, 3.8) is 0 Å². The summed E-state index contributed by atoms with van der Waals surface area (Å²) in [4.78, 5) is 24.8. The Labute approximate surface area is 143 Å². The van der Waals surface area contributed by atoms with Crippen LogP contribution in [-0.2, 0) is 11.3 Å². The number of nitrogens with one attached hydrogen (secondary N) is 1. The SMILES string of the molecule is Cc1nn(CC(=O)NC(C)C)c(=O)c2c1cnn2-c1ccc(F)cc1. The Morgan fingerprint density at radius 1 is 1.28 bits per heavy atom. The summed E-state index contributed by atoms with van der Waals surface area (Å²) in [6.07, 6.45) is 1.54. The molecule has 1 amide bonds. The molecule has 8 heteroatoms. The van der Waals surface area contributed by atoms with Gasteiger partial charge in [0.05, 0.1) is 17.6 Å². The highest BCUT2D eigenvalue weighted by molar-refractivity contribution is 5.82. The minimum atomic E-state index is -0.429. The van der Waals surface area contributed by atoms with Gasteiger partial charge in [-0.15, -0.1) is 0 Å². The lowest BCUT2D eigenvalue weighted by molar-refractivity contribution is -0.122. The van der Waals surface area contributed by atoms with Gasteiger partial charge in [-0.05, 0) is 45.0 Å². The molecule has 0 radical (unpaired) electrons. The number of hydrogen-bond acceptors (Lipinski definition) is 4. The normalized spacial score (nSPS) is 11.2. The monoisotopic (exact) mass is 343 g/mol. The molecule has 0 unspecified atom stereocenters. The largest absolute Gasteiger partial charge is 0.352 e. The Morgan fingerprint density at radius 2 is 1.96 bits per heavy atom. The van der Waals surface area contributed by atoms with Gasteiger partial charge in [0.1, 0.15) is 17.9 Å². The number of fused-ring (bicyclic) bond motifs is 1. The zero-order valence-electron chi connectivity index (χ0n) is 14.2. The molecule has 0 saturated carbocycles. The standard InChI is InChI=1S/C17H18FN5O2/c1-10(2)20-15(24)9-22-17(25)16-14(11(3)21-22)8-19-23(16)13-6-4-12(18)5-7-13/h4-8,10H,9H2,1-3H3,(H,20,24). The number of carbonyl (C=O) groups is 1. The Bertz CT molecular complexity index is 989. The molecule has 0 spiro atoms. The van der Waals surface area contributed by atoms with Crippen LogP contribution < -0.4 is 10.9 Å². The van der Waals surface area contributed by atoms with E-state index in [4.69, 9.17) is 0 Å². The first-order chi connectivity index (χ1) is 11.9. The number of hydrogen-bond donors (Lipinski definition) is 1. The minimum absolute atomic E-state index is 0.0298.